The van der Waals surface area contributed by atoms with E-state index in [4.69, 9.17) is 23.7 Å². The monoisotopic (exact) mass is 566 g/mol. The van der Waals surface area contributed by atoms with Crippen LogP contribution in [-0.4, -0.2) is 43.4 Å². The molecule has 0 saturated carbocycles. The number of hydrogen-bond acceptors (Lipinski definition) is 6. The molecule has 0 aliphatic carbocycles. The molecule has 218 valence electrons. The minimum absolute atomic E-state index is 0.172. The molecular weight excluding hydrogens is 528 g/mol. The van der Waals surface area contributed by atoms with Crippen LogP contribution in [0.5, 0.6) is 0 Å². The van der Waals surface area contributed by atoms with Gasteiger partial charge in [0.25, 0.3) is 0 Å². The second kappa shape index (κ2) is 16.1. The Bertz CT molecular complexity index is 1300. The third kappa shape index (κ3) is 8.68. The molecule has 0 bridgehead atoms. The van der Waals surface area contributed by atoms with E-state index in [0.29, 0.717) is 26.4 Å². The van der Waals surface area contributed by atoms with E-state index < -0.39 is 30.5 Å². The number of aldehydes is 1. The van der Waals surface area contributed by atoms with E-state index in [1.54, 1.807) is 0 Å². The second-order valence-corrected chi connectivity index (χ2v) is 10.4. The lowest BCUT2D eigenvalue weighted by molar-refractivity contribution is -0.272. The quantitative estimate of drug-likeness (QED) is 0.157. The van der Waals surface area contributed by atoms with Crippen LogP contribution >= 0.6 is 0 Å². The maximum atomic E-state index is 11.8. The lowest BCUT2D eigenvalue weighted by Crippen LogP contribution is -2.61. The minimum Gasteiger partial charge on any atom is -0.374 e. The standard InChI is InChI=1S/C36H38O6/c37-22-21-32-34(39-24-29-15-7-2-8-16-29)36(41-26-31-19-11-4-12-20-31)35(40-25-30-17-9-3-10-18-30)33(42-32)27-38-23-28-13-5-1-6-14-28/h1-20,22,32-36H,21,23-27H2. The first-order valence-corrected chi connectivity index (χ1v) is 14.5. The molecule has 6 nitrogen and oxygen atoms in total. The molecule has 0 aromatic heterocycles. The van der Waals surface area contributed by atoms with Gasteiger partial charge in [0.15, 0.2) is 0 Å². The molecule has 0 N–H and O–H groups in total. The molecule has 1 aliphatic rings. The summed E-state index contributed by atoms with van der Waals surface area (Å²) in [6.45, 7) is 1.82. The number of benzene rings is 4. The number of hydrogen-bond donors (Lipinski definition) is 0. The van der Waals surface area contributed by atoms with Gasteiger partial charge in [-0.2, -0.15) is 0 Å². The summed E-state index contributed by atoms with van der Waals surface area (Å²) in [5, 5.41) is 0. The third-order valence-electron chi connectivity index (χ3n) is 7.31. The highest BCUT2D eigenvalue weighted by Gasteiger charge is 2.48. The summed E-state index contributed by atoms with van der Waals surface area (Å²) in [6, 6.07) is 40.0. The summed E-state index contributed by atoms with van der Waals surface area (Å²) in [7, 11) is 0. The Labute approximate surface area is 248 Å². The van der Waals surface area contributed by atoms with Crippen molar-refractivity contribution in [1.82, 2.24) is 0 Å². The van der Waals surface area contributed by atoms with E-state index in [-0.39, 0.29) is 13.0 Å². The number of carbonyl (C=O) groups is 1. The van der Waals surface area contributed by atoms with E-state index in [9.17, 15) is 4.79 Å². The molecule has 1 heterocycles. The lowest BCUT2D eigenvalue weighted by Gasteiger charge is -2.46. The summed E-state index contributed by atoms with van der Waals surface area (Å²) in [5.74, 6) is 0. The summed E-state index contributed by atoms with van der Waals surface area (Å²) >= 11 is 0. The van der Waals surface area contributed by atoms with Crippen molar-refractivity contribution in [2.24, 2.45) is 0 Å². The van der Waals surface area contributed by atoms with Crippen LogP contribution in [0.15, 0.2) is 121 Å². The van der Waals surface area contributed by atoms with Gasteiger partial charge in [0.05, 0.1) is 39.1 Å². The van der Waals surface area contributed by atoms with Crippen LogP contribution in [0.25, 0.3) is 0 Å². The molecular formula is C36H38O6. The Morgan fingerprint density at radius 3 is 1.31 bits per heavy atom. The van der Waals surface area contributed by atoms with Crippen molar-refractivity contribution in [3.63, 3.8) is 0 Å². The van der Waals surface area contributed by atoms with E-state index in [2.05, 4.69) is 0 Å². The molecule has 5 atom stereocenters. The second-order valence-electron chi connectivity index (χ2n) is 10.4. The summed E-state index contributed by atoms with van der Waals surface area (Å²) in [6.07, 6.45) is -1.50. The van der Waals surface area contributed by atoms with Crippen molar-refractivity contribution in [2.45, 2.75) is 63.4 Å². The minimum atomic E-state index is -0.537. The summed E-state index contributed by atoms with van der Waals surface area (Å²) in [5.41, 5.74) is 4.18. The lowest BCUT2D eigenvalue weighted by atomic mass is 9.92. The van der Waals surface area contributed by atoms with E-state index in [1.165, 1.54) is 0 Å². The average Bonchev–Trinajstić information content (AvgIpc) is 3.05. The van der Waals surface area contributed by atoms with Gasteiger partial charge in [0, 0.05) is 6.42 Å². The third-order valence-corrected chi connectivity index (χ3v) is 7.31. The molecule has 6 heteroatoms. The zero-order valence-corrected chi connectivity index (χ0v) is 23.7. The Morgan fingerprint density at radius 1 is 0.500 bits per heavy atom. The van der Waals surface area contributed by atoms with E-state index >= 15 is 0 Å². The maximum absolute atomic E-state index is 11.8. The van der Waals surface area contributed by atoms with Crippen molar-refractivity contribution in [1.29, 1.82) is 0 Å². The van der Waals surface area contributed by atoms with Crippen molar-refractivity contribution >= 4 is 6.29 Å². The molecule has 1 fully saturated rings. The van der Waals surface area contributed by atoms with Crippen molar-refractivity contribution < 1.29 is 28.5 Å². The highest BCUT2D eigenvalue weighted by Crippen LogP contribution is 2.32. The smallest absolute Gasteiger partial charge is 0.122 e. The van der Waals surface area contributed by atoms with Gasteiger partial charge in [-0.15, -0.1) is 0 Å². The zero-order chi connectivity index (χ0) is 28.8. The maximum Gasteiger partial charge on any atom is 0.122 e. The van der Waals surface area contributed by atoms with E-state index in [1.807, 2.05) is 121 Å². The van der Waals surface area contributed by atoms with Gasteiger partial charge in [-0.05, 0) is 22.3 Å². The molecule has 5 rings (SSSR count). The fourth-order valence-corrected chi connectivity index (χ4v) is 5.17. The highest BCUT2D eigenvalue weighted by atomic mass is 16.6. The fourth-order valence-electron chi connectivity index (χ4n) is 5.17. The Kier molecular flexibility index (Phi) is 11.4. The summed E-state index contributed by atoms with van der Waals surface area (Å²) < 4.78 is 32.5. The SMILES string of the molecule is O=CCC1OC(COCc2ccccc2)C(OCc2ccccc2)C(OCc2ccccc2)C1OCc1ccccc1. The number of carbonyl (C=O) groups excluding carboxylic acids is 1. The van der Waals surface area contributed by atoms with Crippen molar-refractivity contribution in [3.05, 3.63) is 144 Å². The first-order valence-electron chi connectivity index (χ1n) is 14.5. The number of rotatable bonds is 15. The molecule has 0 spiro atoms. The molecule has 4 aromatic rings. The van der Waals surface area contributed by atoms with Crippen LogP contribution < -0.4 is 0 Å². The van der Waals surface area contributed by atoms with Crippen LogP contribution in [0.4, 0.5) is 0 Å². The van der Waals surface area contributed by atoms with Crippen LogP contribution in [0.2, 0.25) is 0 Å². The number of ether oxygens (including phenoxy) is 5. The molecule has 0 radical (unpaired) electrons. The average molecular weight is 567 g/mol. The van der Waals surface area contributed by atoms with Gasteiger partial charge in [-0.3, -0.25) is 0 Å². The molecule has 42 heavy (non-hydrogen) atoms. The molecule has 1 saturated heterocycles. The topological polar surface area (TPSA) is 63.2 Å². The molecule has 0 amide bonds. The fraction of sp³-hybridized carbons (Fsp3) is 0.306. The first-order chi connectivity index (χ1) is 20.8. The van der Waals surface area contributed by atoms with Crippen molar-refractivity contribution in [3.8, 4) is 0 Å². The first kappa shape index (κ1) is 29.8. The summed E-state index contributed by atoms with van der Waals surface area (Å²) in [4.78, 5) is 11.8. The molecule has 1 aliphatic heterocycles. The van der Waals surface area contributed by atoms with Crippen LogP contribution in [0.1, 0.15) is 28.7 Å². The van der Waals surface area contributed by atoms with Crippen LogP contribution in [-0.2, 0) is 54.9 Å². The Morgan fingerprint density at radius 2 is 0.881 bits per heavy atom. The zero-order valence-electron chi connectivity index (χ0n) is 23.7. The van der Waals surface area contributed by atoms with Gasteiger partial charge in [0.1, 0.15) is 30.7 Å². The normalized spacial score (nSPS) is 22.0. The van der Waals surface area contributed by atoms with Gasteiger partial charge >= 0.3 is 0 Å². The predicted octanol–water partition coefficient (Wildman–Crippen LogP) is 6.32. The van der Waals surface area contributed by atoms with Gasteiger partial charge in [0.2, 0.25) is 0 Å². The van der Waals surface area contributed by atoms with Crippen LogP contribution in [0, 0.1) is 0 Å². The van der Waals surface area contributed by atoms with E-state index in [0.717, 1.165) is 28.5 Å². The Hall–Kier alpha value is -3.65. The molecule has 5 unspecified atom stereocenters. The van der Waals surface area contributed by atoms with Gasteiger partial charge in [-0.1, -0.05) is 121 Å². The van der Waals surface area contributed by atoms with Gasteiger partial charge < -0.3 is 28.5 Å². The Balaban J connectivity index is 1.40. The van der Waals surface area contributed by atoms with Crippen molar-refractivity contribution in [2.75, 3.05) is 6.61 Å². The van der Waals surface area contributed by atoms with Gasteiger partial charge in [-0.25, -0.2) is 0 Å². The largest absolute Gasteiger partial charge is 0.374 e. The van der Waals surface area contributed by atoms with Crippen LogP contribution in [0.3, 0.4) is 0 Å². The predicted molar refractivity (Wildman–Crippen MR) is 160 cm³/mol. The molecule has 4 aromatic carbocycles. The highest BCUT2D eigenvalue weighted by molar-refractivity contribution is 5.50.